The summed E-state index contributed by atoms with van der Waals surface area (Å²) in [6.45, 7) is 0.474. The number of hydrogen-bond donors (Lipinski definition) is 1. The molecule has 104 valence electrons. The van der Waals surface area contributed by atoms with E-state index in [0.29, 0.717) is 16.9 Å². The number of anilines is 1. The lowest BCUT2D eigenvalue weighted by molar-refractivity contribution is -0.385. The maximum absolute atomic E-state index is 10.9. The van der Waals surface area contributed by atoms with E-state index in [4.69, 9.17) is 4.74 Å². The molecule has 0 atom stereocenters. The zero-order chi connectivity index (χ0) is 14.5. The molecular weight excluding hydrogens is 326 g/mol. The third kappa shape index (κ3) is 3.45. The molecule has 2 aromatic rings. The fourth-order valence-electron chi connectivity index (χ4n) is 1.62. The van der Waals surface area contributed by atoms with E-state index >= 15 is 0 Å². The maximum atomic E-state index is 10.9. The number of benzene rings is 1. The molecule has 0 aliphatic heterocycles. The number of methoxy groups -OCH3 is 1. The van der Waals surface area contributed by atoms with Crippen LogP contribution in [0.15, 0.2) is 41.0 Å². The number of aromatic nitrogens is 1. The van der Waals surface area contributed by atoms with E-state index < -0.39 is 4.92 Å². The lowest BCUT2D eigenvalue weighted by Gasteiger charge is -2.07. The normalized spacial score (nSPS) is 10.1. The van der Waals surface area contributed by atoms with Gasteiger partial charge in [0.05, 0.1) is 28.4 Å². The van der Waals surface area contributed by atoms with Gasteiger partial charge < -0.3 is 10.1 Å². The molecule has 6 nitrogen and oxygen atoms in total. The summed E-state index contributed by atoms with van der Waals surface area (Å²) in [5.74, 6) is 0.537. The van der Waals surface area contributed by atoms with Crippen LogP contribution in [0.2, 0.25) is 0 Å². The summed E-state index contributed by atoms with van der Waals surface area (Å²) < 4.78 is 5.44. The quantitative estimate of drug-likeness (QED) is 0.668. The van der Waals surface area contributed by atoms with Crippen molar-refractivity contribution >= 4 is 27.3 Å². The van der Waals surface area contributed by atoms with Gasteiger partial charge in [0.15, 0.2) is 0 Å². The average molecular weight is 338 g/mol. The minimum Gasteiger partial charge on any atom is -0.481 e. The number of pyridine rings is 1. The Balaban J connectivity index is 2.06. The van der Waals surface area contributed by atoms with Crippen LogP contribution in [-0.2, 0) is 6.54 Å². The van der Waals surface area contributed by atoms with Gasteiger partial charge in [-0.15, -0.1) is 0 Å². The van der Waals surface area contributed by atoms with Crippen molar-refractivity contribution in [1.82, 2.24) is 4.98 Å². The van der Waals surface area contributed by atoms with Crippen molar-refractivity contribution in [2.75, 3.05) is 12.4 Å². The summed E-state index contributed by atoms with van der Waals surface area (Å²) in [7, 11) is 1.55. The smallest absolute Gasteiger partial charge is 0.283 e. The molecule has 0 saturated heterocycles. The van der Waals surface area contributed by atoms with Gasteiger partial charge >= 0.3 is 0 Å². The van der Waals surface area contributed by atoms with Crippen LogP contribution in [0.25, 0.3) is 0 Å². The van der Waals surface area contributed by atoms with Crippen molar-refractivity contribution < 1.29 is 9.66 Å². The number of halogens is 1. The molecule has 1 N–H and O–H groups in total. The fraction of sp³-hybridized carbons (Fsp3) is 0.154. The number of rotatable bonds is 5. The van der Waals surface area contributed by atoms with Gasteiger partial charge in [-0.25, -0.2) is 4.98 Å². The molecule has 7 heteroatoms. The Morgan fingerprint density at radius 2 is 2.20 bits per heavy atom. The van der Waals surface area contributed by atoms with Gasteiger partial charge in [0, 0.05) is 18.7 Å². The summed E-state index contributed by atoms with van der Waals surface area (Å²) in [6, 6.07) is 8.60. The first-order valence-corrected chi connectivity index (χ1v) is 6.56. The van der Waals surface area contributed by atoms with Gasteiger partial charge in [0.25, 0.3) is 5.69 Å². The van der Waals surface area contributed by atoms with E-state index in [1.807, 2.05) is 12.1 Å². The van der Waals surface area contributed by atoms with Crippen molar-refractivity contribution in [1.29, 1.82) is 0 Å². The number of nitrogens with one attached hydrogen (secondary N) is 1. The first-order chi connectivity index (χ1) is 9.60. The number of ether oxygens (including phenoxy) is 1. The second-order valence-corrected chi connectivity index (χ2v) is 4.84. The molecule has 2 rings (SSSR count). The zero-order valence-corrected chi connectivity index (χ0v) is 12.3. The van der Waals surface area contributed by atoms with Gasteiger partial charge in [-0.2, -0.15) is 0 Å². The maximum Gasteiger partial charge on any atom is 0.283 e. The van der Waals surface area contributed by atoms with Gasteiger partial charge in [0.2, 0.25) is 5.88 Å². The van der Waals surface area contributed by atoms with Gasteiger partial charge in [-0.3, -0.25) is 10.1 Å². The van der Waals surface area contributed by atoms with Crippen molar-refractivity contribution in [3.05, 3.63) is 56.7 Å². The largest absolute Gasteiger partial charge is 0.481 e. The van der Waals surface area contributed by atoms with Gasteiger partial charge in [-0.05, 0) is 33.6 Å². The summed E-state index contributed by atoms with van der Waals surface area (Å²) in [6.07, 6.45) is 1.64. The van der Waals surface area contributed by atoms with Crippen LogP contribution in [0.4, 0.5) is 11.4 Å². The molecule has 0 aliphatic rings. The van der Waals surface area contributed by atoms with Gasteiger partial charge in [0.1, 0.15) is 0 Å². The molecule has 0 spiro atoms. The van der Waals surface area contributed by atoms with Crippen LogP contribution in [-0.4, -0.2) is 17.0 Å². The number of nitro benzene ring substituents is 1. The molecule has 0 bridgehead atoms. The molecule has 0 radical (unpaired) electrons. The molecular formula is C13H12BrN3O3. The van der Waals surface area contributed by atoms with Crippen molar-refractivity contribution in [2.45, 2.75) is 6.54 Å². The highest BCUT2D eigenvalue weighted by Gasteiger charge is 2.12. The van der Waals surface area contributed by atoms with Crippen molar-refractivity contribution in [3.63, 3.8) is 0 Å². The Bertz CT molecular complexity index is 617. The summed E-state index contributed by atoms with van der Waals surface area (Å²) in [5, 5.41) is 14.0. The standard InChI is InChI=1S/C13H12BrN3O3/c1-20-13-5-3-10(8-16-13)15-7-9-2-4-11(14)12(6-9)17(18)19/h2-6,8,15H,7H2,1H3. The minimum absolute atomic E-state index is 0.0529. The summed E-state index contributed by atoms with van der Waals surface area (Å²) >= 11 is 3.16. The second-order valence-electron chi connectivity index (χ2n) is 3.99. The van der Waals surface area contributed by atoms with Crippen LogP contribution in [0, 0.1) is 10.1 Å². The highest BCUT2D eigenvalue weighted by molar-refractivity contribution is 9.10. The van der Waals surface area contributed by atoms with Crippen LogP contribution in [0.3, 0.4) is 0 Å². The Morgan fingerprint density at radius 1 is 1.40 bits per heavy atom. The first-order valence-electron chi connectivity index (χ1n) is 5.77. The van der Waals surface area contributed by atoms with Gasteiger partial charge in [-0.1, -0.05) is 6.07 Å². The van der Waals surface area contributed by atoms with Crippen LogP contribution < -0.4 is 10.1 Å². The van der Waals surface area contributed by atoms with E-state index in [-0.39, 0.29) is 5.69 Å². The molecule has 0 amide bonds. The Labute approximate surface area is 124 Å². The van der Waals surface area contributed by atoms with E-state index in [2.05, 4.69) is 26.2 Å². The van der Waals surface area contributed by atoms with Crippen molar-refractivity contribution in [3.8, 4) is 5.88 Å². The van der Waals surface area contributed by atoms with Crippen LogP contribution >= 0.6 is 15.9 Å². The van der Waals surface area contributed by atoms with E-state index in [1.165, 1.54) is 6.07 Å². The SMILES string of the molecule is COc1ccc(NCc2ccc(Br)c([N+](=O)[O-])c2)cn1. The lowest BCUT2D eigenvalue weighted by Crippen LogP contribution is -2.01. The fourth-order valence-corrected chi connectivity index (χ4v) is 2.01. The Hall–Kier alpha value is -2.15. The monoisotopic (exact) mass is 337 g/mol. The third-order valence-corrected chi connectivity index (χ3v) is 3.32. The van der Waals surface area contributed by atoms with Crippen LogP contribution in [0.5, 0.6) is 5.88 Å². The number of nitrogens with zero attached hydrogens (tertiary/aromatic N) is 2. The van der Waals surface area contributed by atoms with Crippen molar-refractivity contribution in [2.24, 2.45) is 0 Å². The summed E-state index contributed by atoms with van der Waals surface area (Å²) in [4.78, 5) is 14.5. The number of hydrogen-bond acceptors (Lipinski definition) is 5. The molecule has 0 unspecified atom stereocenters. The topological polar surface area (TPSA) is 77.3 Å². The molecule has 1 heterocycles. The van der Waals surface area contributed by atoms with E-state index in [9.17, 15) is 10.1 Å². The molecule has 0 saturated carbocycles. The lowest BCUT2D eigenvalue weighted by atomic mass is 10.2. The number of nitro groups is 1. The molecule has 1 aromatic heterocycles. The van der Waals surface area contributed by atoms with Crippen LogP contribution in [0.1, 0.15) is 5.56 Å². The van der Waals surface area contributed by atoms with E-state index in [0.717, 1.165) is 11.3 Å². The molecule has 20 heavy (non-hydrogen) atoms. The molecule has 1 aromatic carbocycles. The highest BCUT2D eigenvalue weighted by atomic mass is 79.9. The highest BCUT2D eigenvalue weighted by Crippen LogP contribution is 2.26. The molecule has 0 fully saturated rings. The first kappa shape index (κ1) is 14.3. The Morgan fingerprint density at radius 3 is 2.80 bits per heavy atom. The zero-order valence-electron chi connectivity index (χ0n) is 10.7. The second kappa shape index (κ2) is 6.33. The average Bonchev–Trinajstić information content (AvgIpc) is 2.46. The summed E-state index contributed by atoms with van der Waals surface area (Å²) in [5.41, 5.74) is 1.68. The molecule has 0 aliphatic carbocycles. The predicted octanol–water partition coefficient (Wildman–Crippen LogP) is 3.37. The Kier molecular flexibility index (Phi) is 4.52. The predicted molar refractivity (Wildman–Crippen MR) is 78.9 cm³/mol. The minimum atomic E-state index is -0.414. The third-order valence-electron chi connectivity index (χ3n) is 2.65. The van der Waals surface area contributed by atoms with E-state index in [1.54, 1.807) is 25.4 Å².